The van der Waals surface area contributed by atoms with Crippen LogP contribution in [0.15, 0.2) is 0 Å². The fourth-order valence-electron chi connectivity index (χ4n) is 3.79. The van der Waals surface area contributed by atoms with E-state index in [1.807, 2.05) is 0 Å². The molecule has 3 rings (SSSR count). The van der Waals surface area contributed by atoms with E-state index in [0.29, 0.717) is 0 Å². The van der Waals surface area contributed by atoms with Gasteiger partial charge in [-0.2, -0.15) is 0 Å². The number of piperazine rings is 1. The fraction of sp³-hybridized carbons (Fsp3) is 1.00. The molecule has 0 spiro atoms. The van der Waals surface area contributed by atoms with Crippen LogP contribution in [0.5, 0.6) is 0 Å². The quantitative estimate of drug-likeness (QED) is 0.807. The van der Waals surface area contributed by atoms with Crippen molar-refractivity contribution in [2.45, 2.75) is 65.0 Å². The highest BCUT2D eigenvalue weighted by molar-refractivity contribution is 5.06. The number of hydrogen-bond acceptors (Lipinski definition) is 2. The average molecular weight is 250 g/mol. The molecule has 3 aliphatic rings. The predicted molar refractivity (Wildman–Crippen MR) is 76.7 cm³/mol. The Labute approximate surface area is 113 Å². The van der Waals surface area contributed by atoms with Crippen molar-refractivity contribution in [1.82, 2.24) is 10.2 Å². The van der Waals surface area contributed by atoms with E-state index in [4.69, 9.17) is 0 Å². The van der Waals surface area contributed by atoms with Crippen LogP contribution in [0.4, 0.5) is 0 Å². The molecule has 1 aliphatic heterocycles. The maximum Gasteiger partial charge on any atom is 0.0221 e. The van der Waals surface area contributed by atoms with E-state index in [2.05, 4.69) is 31.0 Å². The Balaban J connectivity index is 1.59. The molecule has 0 aromatic rings. The first-order chi connectivity index (χ1) is 8.64. The van der Waals surface area contributed by atoms with Crippen LogP contribution in [0.1, 0.15) is 52.9 Å². The lowest BCUT2D eigenvalue weighted by Crippen LogP contribution is -2.58. The van der Waals surface area contributed by atoms with Crippen LogP contribution in [0.25, 0.3) is 0 Å². The lowest BCUT2D eigenvalue weighted by Gasteiger charge is -2.42. The standard InChI is InChI=1S/C16H30N2/c1-4-12(2)15-10-18(13(3)9-17-15)11-16(7-8-16)14-5-6-14/h12-15,17H,4-11H2,1-3H3. The highest BCUT2D eigenvalue weighted by atomic mass is 15.2. The molecular formula is C16H30N2. The maximum absolute atomic E-state index is 3.76. The van der Waals surface area contributed by atoms with Crippen LogP contribution < -0.4 is 5.32 Å². The van der Waals surface area contributed by atoms with E-state index in [1.54, 1.807) is 0 Å². The summed E-state index contributed by atoms with van der Waals surface area (Å²) >= 11 is 0. The van der Waals surface area contributed by atoms with Crippen molar-refractivity contribution >= 4 is 0 Å². The molecule has 3 unspecified atom stereocenters. The number of nitrogens with zero attached hydrogens (tertiary/aromatic N) is 1. The molecule has 2 nitrogen and oxygen atoms in total. The molecule has 1 N–H and O–H groups in total. The van der Waals surface area contributed by atoms with E-state index in [0.717, 1.165) is 29.3 Å². The van der Waals surface area contributed by atoms with Crippen molar-refractivity contribution < 1.29 is 0 Å². The van der Waals surface area contributed by atoms with Crippen molar-refractivity contribution in [3.8, 4) is 0 Å². The van der Waals surface area contributed by atoms with Crippen molar-refractivity contribution in [1.29, 1.82) is 0 Å². The van der Waals surface area contributed by atoms with Gasteiger partial charge in [0, 0.05) is 31.7 Å². The number of nitrogens with one attached hydrogen (secondary N) is 1. The topological polar surface area (TPSA) is 15.3 Å². The highest BCUT2D eigenvalue weighted by Gasteiger charge is 2.54. The predicted octanol–water partition coefficient (Wildman–Crippen LogP) is 2.89. The third-order valence-corrected chi connectivity index (χ3v) is 5.91. The molecule has 0 amide bonds. The molecular weight excluding hydrogens is 220 g/mol. The Morgan fingerprint density at radius 1 is 1.33 bits per heavy atom. The van der Waals surface area contributed by atoms with Gasteiger partial charge in [0.25, 0.3) is 0 Å². The average Bonchev–Trinajstić information content (AvgIpc) is 3.23. The monoisotopic (exact) mass is 250 g/mol. The Bertz CT molecular complexity index is 293. The first-order valence-corrected chi connectivity index (χ1v) is 8.12. The van der Waals surface area contributed by atoms with Crippen LogP contribution in [0.3, 0.4) is 0 Å². The molecule has 0 aromatic heterocycles. The second-order valence-corrected chi connectivity index (χ2v) is 7.32. The van der Waals surface area contributed by atoms with Gasteiger partial charge in [0.15, 0.2) is 0 Å². The van der Waals surface area contributed by atoms with Crippen LogP contribution in [-0.2, 0) is 0 Å². The zero-order valence-electron chi connectivity index (χ0n) is 12.4. The molecule has 0 bridgehead atoms. The molecule has 0 aromatic carbocycles. The lowest BCUT2D eigenvalue weighted by molar-refractivity contribution is 0.0902. The van der Waals surface area contributed by atoms with Gasteiger partial charge in [0.2, 0.25) is 0 Å². The highest BCUT2D eigenvalue weighted by Crippen LogP contribution is 2.61. The van der Waals surface area contributed by atoms with Gasteiger partial charge in [0.05, 0.1) is 0 Å². The van der Waals surface area contributed by atoms with Gasteiger partial charge in [0.1, 0.15) is 0 Å². The molecule has 3 fully saturated rings. The molecule has 2 heteroatoms. The van der Waals surface area contributed by atoms with Crippen LogP contribution >= 0.6 is 0 Å². The maximum atomic E-state index is 3.76. The van der Waals surface area contributed by atoms with Gasteiger partial charge in [-0.05, 0) is 49.9 Å². The molecule has 18 heavy (non-hydrogen) atoms. The summed E-state index contributed by atoms with van der Waals surface area (Å²) in [6.07, 6.45) is 7.38. The van der Waals surface area contributed by atoms with E-state index >= 15 is 0 Å². The van der Waals surface area contributed by atoms with Gasteiger partial charge in [-0.15, -0.1) is 0 Å². The van der Waals surface area contributed by atoms with Crippen LogP contribution in [0, 0.1) is 17.3 Å². The van der Waals surface area contributed by atoms with E-state index in [-0.39, 0.29) is 0 Å². The molecule has 1 heterocycles. The van der Waals surface area contributed by atoms with Gasteiger partial charge >= 0.3 is 0 Å². The first kappa shape index (κ1) is 12.9. The van der Waals surface area contributed by atoms with Gasteiger partial charge < -0.3 is 5.32 Å². The smallest absolute Gasteiger partial charge is 0.0221 e. The van der Waals surface area contributed by atoms with Gasteiger partial charge in [-0.25, -0.2) is 0 Å². The Kier molecular flexibility index (Phi) is 3.44. The summed E-state index contributed by atoms with van der Waals surface area (Å²) in [6.45, 7) is 11.0. The molecule has 104 valence electrons. The minimum atomic E-state index is 0.723. The Morgan fingerprint density at radius 3 is 2.61 bits per heavy atom. The zero-order valence-corrected chi connectivity index (χ0v) is 12.4. The van der Waals surface area contributed by atoms with E-state index in [1.165, 1.54) is 51.7 Å². The van der Waals surface area contributed by atoms with E-state index in [9.17, 15) is 0 Å². The molecule has 2 aliphatic carbocycles. The Hall–Kier alpha value is -0.0800. The van der Waals surface area contributed by atoms with Gasteiger partial charge in [-0.3, -0.25) is 4.90 Å². The summed E-state index contributed by atoms with van der Waals surface area (Å²) in [6, 6.07) is 1.46. The number of hydrogen-bond donors (Lipinski definition) is 1. The third-order valence-electron chi connectivity index (χ3n) is 5.91. The minimum Gasteiger partial charge on any atom is -0.311 e. The summed E-state index contributed by atoms with van der Waals surface area (Å²) in [5.41, 5.74) is 0.769. The zero-order chi connectivity index (χ0) is 12.8. The van der Waals surface area contributed by atoms with Crippen molar-refractivity contribution in [3.05, 3.63) is 0 Å². The minimum absolute atomic E-state index is 0.723. The second-order valence-electron chi connectivity index (χ2n) is 7.32. The Morgan fingerprint density at radius 2 is 2.06 bits per heavy atom. The third kappa shape index (κ3) is 2.46. The van der Waals surface area contributed by atoms with Crippen molar-refractivity contribution in [2.75, 3.05) is 19.6 Å². The summed E-state index contributed by atoms with van der Waals surface area (Å²) in [7, 11) is 0. The summed E-state index contributed by atoms with van der Waals surface area (Å²) in [5.74, 6) is 1.91. The molecule has 0 radical (unpaired) electrons. The normalized spacial score (nSPS) is 37.5. The largest absolute Gasteiger partial charge is 0.311 e. The SMILES string of the molecule is CCC(C)C1CN(CC2(C3CC3)CC2)C(C)CN1. The van der Waals surface area contributed by atoms with Crippen LogP contribution in [0.2, 0.25) is 0 Å². The van der Waals surface area contributed by atoms with Crippen molar-refractivity contribution in [3.63, 3.8) is 0 Å². The molecule has 3 atom stereocenters. The molecule has 2 saturated carbocycles. The number of rotatable bonds is 5. The second kappa shape index (κ2) is 4.79. The molecule has 1 saturated heterocycles. The first-order valence-electron chi connectivity index (χ1n) is 8.12. The van der Waals surface area contributed by atoms with Gasteiger partial charge in [-0.1, -0.05) is 20.3 Å². The summed E-state index contributed by atoms with van der Waals surface area (Å²) < 4.78 is 0. The van der Waals surface area contributed by atoms with E-state index < -0.39 is 0 Å². The van der Waals surface area contributed by atoms with Crippen LogP contribution in [-0.4, -0.2) is 36.6 Å². The lowest BCUT2D eigenvalue weighted by atomic mass is 9.93. The summed E-state index contributed by atoms with van der Waals surface area (Å²) in [4.78, 5) is 2.80. The van der Waals surface area contributed by atoms with Crippen molar-refractivity contribution in [2.24, 2.45) is 17.3 Å². The summed E-state index contributed by atoms with van der Waals surface area (Å²) in [5, 5.41) is 3.76. The fourth-order valence-corrected chi connectivity index (χ4v) is 3.79.